The first-order chi connectivity index (χ1) is 8.24. The number of hydrogen-bond acceptors (Lipinski definition) is 2. The van der Waals surface area contributed by atoms with Crippen LogP contribution in [0.25, 0.3) is 0 Å². The van der Waals surface area contributed by atoms with Crippen molar-refractivity contribution >= 4 is 0 Å². The fourth-order valence-electron chi connectivity index (χ4n) is 1.20. The van der Waals surface area contributed by atoms with Gasteiger partial charge in [-0.1, -0.05) is 51.1 Å². The van der Waals surface area contributed by atoms with Crippen molar-refractivity contribution < 1.29 is 9.84 Å². The molecule has 0 fully saturated rings. The van der Waals surface area contributed by atoms with Crippen LogP contribution in [0.1, 0.15) is 39.2 Å². The molecule has 98 valence electrons. The standard InChI is InChI=1S/C8H10.C7H16O2/c1-2-8-6-4-3-5-7-8;1-3-5-9-6-7(8)4-2/h3-7H,2H2,1H3;7-8H,3-6H2,1-2H3. The summed E-state index contributed by atoms with van der Waals surface area (Å²) in [4.78, 5) is 0. The largest absolute Gasteiger partial charge is 0.391 e. The highest BCUT2D eigenvalue weighted by atomic mass is 16.5. The number of rotatable bonds is 6. The SMILES string of the molecule is CCCOCC(O)CC.CCc1ccccc1. The molecule has 0 amide bonds. The van der Waals surface area contributed by atoms with E-state index in [0.717, 1.165) is 25.9 Å². The maximum atomic E-state index is 8.96. The summed E-state index contributed by atoms with van der Waals surface area (Å²) in [5.74, 6) is 0. The number of benzene rings is 1. The Hall–Kier alpha value is -0.860. The lowest BCUT2D eigenvalue weighted by Crippen LogP contribution is -2.13. The van der Waals surface area contributed by atoms with E-state index in [-0.39, 0.29) is 6.10 Å². The molecule has 0 aromatic heterocycles. The minimum Gasteiger partial charge on any atom is -0.391 e. The van der Waals surface area contributed by atoms with Crippen molar-refractivity contribution in [3.8, 4) is 0 Å². The summed E-state index contributed by atoms with van der Waals surface area (Å²) in [7, 11) is 0. The molecule has 0 aliphatic carbocycles. The third-order valence-corrected chi connectivity index (χ3v) is 2.38. The van der Waals surface area contributed by atoms with Gasteiger partial charge >= 0.3 is 0 Å². The van der Waals surface area contributed by atoms with E-state index in [0.29, 0.717) is 6.61 Å². The van der Waals surface area contributed by atoms with Crippen LogP contribution in [-0.2, 0) is 11.2 Å². The van der Waals surface area contributed by atoms with Crippen molar-refractivity contribution in [1.82, 2.24) is 0 Å². The lowest BCUT2D eigenvalue weighted by molar-refractivity contribution is 0.0354. The Balaban J connectivity index is 0.000000302. The highest BCUT2D eigenvalue weighted by molar-refractivity contribution is 5.13. The summed E-state index contributed by atoms with van der Waals surface area (Å²) in [6, 6.07) is 10.5. The first kappa shape index (κ1) is 16.1. The topological polar surface area (TPSA) is 29.5 Å². The molecule has 0 radical (unpaired) electrons. The molecule has 0 aliphatic heterocycles. The van der Waals surface area contributed by atoms with Crippen LogP contribution >= 0.6 is 0 Å². The van der Waals surface area contributed by atoms with Gasteiger partial charge in [-0.05, 0) is 24.8 Å². The van der Waals surface area contributed by atoms with Crippen LogP contribution < -0.4 is 0 Å². The van der Waals surface area contributed by atoms with Gasteiger partial charge in [0.15, 0.2) is 0 Å². The number of aryl methyl sites for hydroxylation is 1. The maximum Gasteiger partial charge on any atom is 0.0771 e. The number of hydrogen-bond donors (Lipinski definition) is 1. The predicted octanol–water partition coefficient (Wildman–Crippen LogP) is 3.43. The van der Waals surface area contributed by atoms with E-state index in [9.17, 15) is 0 Å². The van der Waals surface area contributed by atoms with Crippen molar-refractivity contribution in [3.63, 3.8) is 0 Å². The summed E-state index contributed by atoms with van der Waals surface area (Å²) in [6.45, 7) is 7.41. The molecule has 0 saturated carbocycles. The van der Waals surface area contributed by atoms with Gasteiger partial charge in [-0.3, -0.25) is 0 Å². The normalized spacial score (nSPS) is 11.5. The molecule has 2 nitrogen and oxygen atoms in total. The average molecular weight is 238 g/mol. The minimum absolute atomic E-state index is 0.267. The van der Waals surface area contributed by atoms with E-state index in [1.807, 2.05) is 13.0 Å². The van der Waals surface area contributed by atoms with Crippen molar-refractivity contribution in [3.05, 3.63) is 35.9 Å². The summed E-state index contributed by atoms with van der Waals surface area (Å²) in [5.41, 5.74) is 1.41. The van der Waals surface area contributed by atoms with Gasteiger partial charge in [0.2, 0.25) is 0 Å². The highest BCUT2D eigenvalue weighted by Crippen LogP contribution is 1.96. The second-order valence-electron chi connectivity index (χ2n) is 3.98. The second-order valence-corrected chi connectivity index (χ2v) is 3.98. The zero-order valence-corrected chi connectivity index (χ0v) is 11.4. The van der Waals surface area contributed by atoms with Gasteiger partial charge in [-0.15, -0.1) is 0 Å². The molecule has 0 heterocycles. The van der Waals surface area contributed by atoms with Gasteiger partial charge in [0.05, 0.1) is 12.7 Å². The third-order valence-electron chi connectivity index (χ3n) is 2.38. The summed E-state index contributed by atoms with van der Waals surface area (Å²) >= 11 is 0. The quantitative estimate of drug-likeness (QED) is 0.769. The summed E-state index contributed by atoms with van der Waals surface area (Å²) in [5, 5.41) is 8.96. The van der Waals surface area contributed by atoms with Crippen molar-refractivity contribution in [2.45, 2.75) is 46.1 Å². The molecule has 0 bridgehead atoms. The molecule has 1 atom stereocenters. The lowest BCUT2D eigenvalue weighted by Gasteiger charge is -2.06. The van der Waals surface area contributed by atoms with E-state index in [1.54, 1.807) is 0 Å². The van der Waals surface area contributed by atoms with Crippen molar-refractivity contribution in [2.75, 3.05) is 13.2 Å². The van der Waals surface area contributed by atoms with E-state index < -0.39 is 0 Å². The van der Waals surface area contributed by atoms with Crippen LogP contribution in [0, 0.1) is 0 Å². The third kappa shape index (κ3) is 10.0. The molecule has 2 heteroatoms. The van der Waals surface area contributed by atoms with Crippen LogP contribution in [-0.4, -0.2) is 24.4 Å². The molecular formula is C15H26O2. The number of aliphatic hydroxyl groups is 1. The zero-order valence-electron chi connectivity index (χ0n) is 11.4. The predicted molar refractivity (Wildman–Crippen MR) is 73.2 cm³/mol. The van der Waals surface area contributed by atoms with Gasteiger partial charge in [-0.25, -0.2) is 0 Å². The van der Waals surface area contributed by atoms with E-state index in [2.05, 4.69) is 38.1 Å². The number of ether oxygens (including phenoxy) is 1. The van der Waals surface area contributed by atoms with Gasteiger partial charge in [-0.2, -0.15) is 0 Å². The van der Waals surface area contributed by atoms with Crippen LogP contribution in [0.4, 0.5) is 0 Å². The Morgan fingerprint density at radius 2 is 1.76 bits per heavy atom. The molecule has 1 N–H and O–H groups in total. The summed E-state index contributed by atoms with van der Waals surface area (Å²) < 4.78 is 5.09. The average Bonchev–Trinajstić information content (AvgIpc) is 2.40. The first-order valence-corrected chi connectivity index (χ1v) is 6.54. The fourth-order valence-corrected chi connectivity index (χ4v) is 1.20. The van der Waals surface area contributed by atoms with Crippen LogP contribution in [0.2, 0.25) is 0 Å². The van der Waals surface area contributed by atoms with Crippen LogP contribution in [0.5, 0.6) is 0 Å². The molecule has 0 saturated heterocycles. The zero-order chi connectivity index (χ0) is 12.9. The first-order valence-electron chi connectivity index (χ1n) is 6.54. The van der Waals surface area contributed by atoms with Crippen LogP contribution in [0.3, 0.4) is 0 Å². The molecule has 17 heavy (non-hydrogen) atoms. The smallest absolute Gasteiger partial charge is 0.0771 e. The van der Waals surface area contributed by atoms with Gasteiger partial charge in [0.25, 0.3) is 0 Å². The molecule has 1 aromatic carbocycles. The number of aliphatic hydroxyl groups excluding tert-OH is 1. The minimum atomic E-state index is -0.267. The van der Waals surface area contributed by atoms with Crippen LogP contribution in [0.15, 0.2) is 30.3 Å². The fraction of sp³-hybridized carbons (Fsp3) is 0.600. The second kappa shape index (κ2) is 11.6. The van der Waals surface area contributed by atoms with Gasteiger partial charge in [0, 0.05) is 6.61 Å². The molecule has 0 spiro atoms. The van der Waals surface area contributed by atoms with Crippen molar-refractivity contribution in [1.29, 1.82) is 0 Å². The van der Waals surface area contributed by atoms with Crippen molar-refractivity contribution in [2.24, 2.45) is 0 Å². The van der Waals surface area contributed by atoms with E-state index in [1.165, 1.54) is 5.56 Å². The summed E-state index contributed by atoms with van der Waals surface area (Å²) in [6.07, 6.45) is 2.68. The van der Waals surface area contributed by atoms with E-state index in [4.69, 9.17) is 9.84 Å². The monoisotopic (exact) mass is 238 g/mol. The molecule has 1 aromatic rings. The Kier molecular flexibility index (Phi) is 11.0. The molecule has 1 unspecified atom stereocenters. The Bertz CT molecular complexity index is 246. The molecular weight excluding hydrogens is 212 g/mol. The van der Waals surface area contributed by atoms with Gasteiger partial charge in [0.1, 0.15) is 0 Å². The lowest BCUT2D eigenvalue weighted by atomic mass is 10.2. The van der Waals surface area contributed by atoms with E-state index >= 15 is 0 Å². The Labute approximate surface area is 106 Å². The Morgan fingerprint density at radius 1 is 1.12 bits per heavy atom. The molecule has 0 aliphatic rings. The Morgan fingerprint density at radius 3 is 2.18 bits per heavy atom. The highest BCUT2D eigenvalue weighted by Gasteiger charge is 1.97. The van der Waals surface area contributed by atoms with Gasteiger partial charge < -0.3 is 9.84 Å². The molecule has 1 rings (SSSR count). The maximum absolute atomic E-state index is 8.96.